The Balaban J connectivity index is 3.47. The van der Waals surface area contributed by atoms with Gasteiger partial charge in [0.2, 0.25) is 0 Å². The third kappa shape index (κ3) is 6.72. The molecule has 10 heavy (non-hydrogen) atoms. The summed E-state index contributed by atoms with van der Waals surface area (Å²) in [4.78, 5) is 8.92. The van der Waals surface area contributed by atoms with Crippen LogP contribution in [0.25, 0.3) is 0 Å². The molecule has 0 aromatic rings. The fraction of sp³-hybridized carbons (Fsp3) is 1.00. The Bertz CT molecular complexity index is 93.4. The van der Waals surface area contributed by atoms with E-state index >= 15 is 0 Å². The molecule has 0 spiro atoms. The molecule has 1 N–H and O–H groups in total. The van der Waals surface area contributed by atoms with E-state index in [9.17, 15) is 0 Å². The second-order valence-electron chi connectivity index (χ2n) is 2.68. The first kappa shape index (κ1) is 10.6. The molecule has 0 fully saturated rings. The molecule has 0 radical (unpaired) electrons. The lowest BCUT2D eigenvalue weighted by Crippen LogP contribution is -2.16. The van der Waals surface area contributed by atoms with Crippen LogP contribution in [-0.2, 0) is 9.05 Å². The van der Waals surface area contributed by atoms with E-state index in [2.05, 4.69) is 4.52 Å². The summed E-state index contributed by atoms with van der Waals surface area (Å²) in [5.74, 6) is 0. The van der Waals surface area contributed by atoms with Crippen LogP contribution in [0.15, 0.2) is 0 Å². The van der Waals surface area contributed by atoms with Gasteiger partial charge in [0.05, 0.1) is 5.60 Å². The van der Waals surface area contributed by atoms with Crippen LogP contribution in [-0.4, -0.2) is 16.6 Å². The van der Waals surface area contributed by atoms with E-state index in [0.29, 0.717) is 0 Å². The smallest absolute Gasteiger partial charge is 0.328 e. The first-order chi connectivity index (χ1) is 4.45. The minimum atomic E-state index is -1.80. The highest BCUT2D eigenvalue weighted by molar-refractivity contribution is 7.40. The highest BCUT2D eigenvalue weighted by Gasteiger charge is 2.17. The number of alkyl halides is 1. The van der Waals surface area contributed by atoms with Gasteiger partial charge in [0.15, 0.2) is 0 Å². The molecule has 0 aliphatic heterocycles. The Labute approximate surface area is 67.3 Å². The molecule has 0 bridgehead atoms. The molecule has 0 amide bonds. The molecule has 1 atom stereocenters. The molecule has 5 heteroatoms. The third-order valence-electron chi connectivity index (χ3n) is 0.511. The van der Waals surface area contributed by atoms with E-state index < -0.39 is 8.60 Å². The summed E-state index contributed by atoms with van der Waals surface area (Å²) in [6.07, 6.45) is 0. The molecular weight excluding hydrogens is 174 g/mol. The van der Waals surface area contributed by atoms with Gasteiger partial charge in [0, 0.05) is 0 Å². The van der Waals surface area contributed by atoms with Gasteiger partial charge in [0.25, 0.3) is 0 Å². The zero-order valence-corrected chi connectivity index (χ0v) is 7.95. The zero-order valence-electron chi connectivity index (χ0n) is 6.30. The lowest BCUT2D eigenvalue weighted by molar-refractivity contribution is 0.0987. The van der Waals surface area contributed by atoms with Gasteiger partial charge in [-0.25, -0.2) is 0 Å². The lowest BCUT2D eigenvalue weighted by atomic mass is 10.2. The van der Waals surface area contributed by atoms with E-state index in [-0.39, 0.29) is 11.7 Å². The minimum absolute atomic E-state index is 0.0434. The average Bonchev–Trinajstić information content (AvgIpc) is 1.59. The SMILES string of the molecule is CC(C)(C)OP(O)OCCl. The maximum Gasteiger partial charge on any atom is 0.331 e. The highest BCUT2D eigenvalue weighted by Crippen LogP contribution is 2.37. The Morgan fingerprint density at radius 2 is 2.00 bits per heavy atom. The predicted molar refractivity (Wildman–Crippen MR) is 41.8 cm³/mol. The summed E-state index contributed by atoms with van der Waals surface area (Å²) in [6, 6.07) is -0.0434. The van der Waals surface area contributed by atoms with Gasteiger partial charge < -0.3 is 9.42 Å². The molecule has 62 valence electrons. The van der Waals surface area contributed by atoms with E-state index in [1.54, 1.807) is 0 Å². The van der Waals surface area contributed by atoms with Crippen molar-refractivity contribution in [2.24, 2.45) is 0 Å². The fourth-order valence-electron chi connectivity index (χ4n) is 0.302. The van der Waals surface area contributed by atoms with Gasteiger partial charge in [-0.15, -0.1) is 0 Å². The summed E-state index contributed by atoms with van der Waals surface area (Å²) >= 11 is 5.18. The molecule has 0 rings (SSSR count). The van der Waals surface area contributed by atoms with Crippen LogP contribution in [0.2, 0.25) is 0 Å². The van der Waals surface area contributed by atoms with Crippen molar-refractivity contribution >= 4 is 20.2 Å². The zero-order chi connectivity index (χ0) is 8.20. The molecule has 0 aromatic heterocycles. The van der Waals surface area contributed by atoms with Crippen LogP contribution >= 0.6 is 20.2 Å². The van der Waals surface area contributed by atoms with Crippen molar-refractivity contribution in [2.45, 2.75) is 26.4 Å². The summed E-state index contributed by atoms with van der Waals surface area (Å²) in [5.41, 5.74) is -0.382. The van der Waals surface area contributed by atoms with Crippen molar-refractivity contribution in [3.63, 3.8) is 0 Å². The average molecular weight is 187 g/mol. The largest absolute Gasteiger partial charge is 0.331 e. The lowest BCUT2D eigenvalue weighted by Gasteiger charge is -2.21. The van der Waals surface area contributed by atoms with E-state index in [4.69, 9.17) is 21.0 Å². The quantitative estimate of drug-likeness (QED) is 0.543. The minimum Gasteiger partial charge on any atom is -0.328 e. The molecule has 1 unspecified atom stereocenters. The second-order valence-corrected chi connectivity index (χ2v) is 3.81. The molecule has 3 nitrogen and oxygen atoms in total. The summed E-state index contributed by atoms with van der Waals surface area (Å²) < 4.78 is 9.57. The van der Waals surface area contributed by atoms with Crippen molar-refractivity contribution in [2.75, 3.05) is 6.07 Å². The molecule has 0 aliphatic carbocycles. The monoisotopic (exact) mass is 186 g/mol. The van der Waals surface area contributed by atoms with E-state index in [1.165, 1.54) is 0 Å². The molecule has 0 heterocycles. The first-order valence-corrected chi connectivity index (χ1v) is 4.49. The van der Waals surface area contributed by atoms with Crippen molar-refractivity contribution in [1.29, 1.82) is 0 Å². The van der Waals surface area contributed by atoms with Crippen molar-refractivity contribution in [3.05, 3.63) is 0 Å². The summed E-state index contributed by atoms with van der Waals surface area (Å²) in [6.45, 7) is 5.49. The van der Waals surface area contributed by atoms with Gasteiger partial charge in [-0.1, -0.05) is 11.6 Å². The molecule has 0 saturated heterocycles. The van der Waals surface area contributed by atoms with Crippen LogP contribution < -0.4 is 0 Å². The Kier molecular flexibility index (Phi) is 4.74. The molecule has 0 saturated carbocycles. The van der Waals surface area contributed by atoms with Gasteiger partial charge in [0.1, 0.15) is 6.07 Å². The predicted octanol–water partition coefficient (Wildman–Crippen LogP) is 2.23. The number of halogens is 1. The van der Waals surface area contributed by atoms with E-state index in [1.807, 2.05) is 20.8 Å². The maximum atomic E-state index is 8.92. The van der Waals surface area contributed by atoms with Crippen molar-refractivity contribution in [3.8, 4) is 0 Å². The normalized spacial score (nSPS) is 15.3. The van der Waals surface area contributed by atoms with Gasteiger partial charge >= 0.3 is 8.60 Å². The fourth-order valence-corrected chi connectivity index (χ4v) is 1.16. The summed E-state index contributed by atoms with van der Waals surface area (Å²) in [7, 11) is -1.80. The first-order valence-electron chi connectivity index (χ1n) is 2.83. The van der Waals surface area contributed by atoms with Crippen molar-refractivity contribution in [1.82, 2.24) is 0 Å². The van der Waals surface area contributed by atoms with Crippen LogP contribution in [0.5, 0.6) is 0 Å². The van der Waals surface area contributed by atoms with Gasteiger partial charge in [-0.05, 0) is 20.8 Å². The molecular formula is C5H12ClO3P. The van der Waals surface area contributed by atoms with Crippen LogP contribution in [0, 0.1) is 0 Å². The third-order valence-corrected chi connectivity index (χ3v) is 1.83. The Hall–Kier alpha value is 0.600. The van der Waals surface area contributed by atoms with E-state index in [0.717, 1.165) is 0 Å². The highest BCUT2D eigenvalue weighted by atomic mass is 35.5. The Morgan fingerprint density at radius 1 is 1.50 bits per heavy atom. The van der Waals surface area contributed by atoms with Gasteiger partial charge in [-0.3, -0.25) is 4.52 Å². The number of hydrogen-bond donors (Lipinski definition) is 1. The Morgan fingerprint density at radius 3 is 2.30 bits per heavy atom. The topological polar surface area (TPSA) is 38.7 Å². The van der Waals surface area contributed by atoms with Crippen LogP contribution in [0.1, 0.15) is 20.8 Å². The molecule has 0 aromatic carbocycles. The maximum absolute atomic E-state index is 8.92. The van der Waals surface area contributed by atoms with Gasteiger partial charge in [-0.2, -0.15) is 0 Å². The standard InChI is InChI=1S/C5H12ClO3P/c1-5(2,3)9-10(7)8-4-6/h7H,4H2,1-3H3. The number of rotatable bonds is 3. The van der Waals surface area contributed by atoms with Crippen LogP contribution in [0.4, 0.5) is 0 Å². The van der Waals surface area contributed by atoms with Crippen molar-refractivity contribution < 1.29 is 13.9 Å². The second kappa shape index (κ2) is 4.47. The van der Waals surface area contributed by atoms with Crippen LogP contribution in [0.3, 0.4) is 0 Å². The molecule has 0 aliphatic rings. The number of hydrogen-bond acceptors (Lipinski definition) is 3. The summed E-state index contributed by atoms with van der Waals surface area (Å²) in [5, 5.41) is 0.